The molecular weight excluding hydrogens is 526 g/mol. The van der Waals surface area contributed by atoms with E-state index in [4.69, 9.17) is 9.47 Å². The molecule has 5 rings (SSSR count). The molecule has 1 heterocycles. The summed E-state index contributed by atoms with van der Waals surface area (Å²) < 4.78 is 12.1. The Labute approximate surface area is 215 Å². The van der Waals surface area contributed by atoms with Crippen LogP contribution in [0.25, 0.3) is 16.8 Å². The Bertz CT molecular complexity index is 1480. The number of nitrogens with zero attached hydrogens (tertiary/aromatic N) is 1. The summed E-state index contributed by atoms with van der Waals surface area (Å²) in [6.07, 6.45) is 1.71. The van der Waals surface area contributed by atoms with E-state index in [0.717, 1.165) is 32.3 Å². The minimum Gasteiger partial charge on any atom is -0.495 e. The van der Waals surface area contributed by atoms with Crippen LogP contribution in [0.5, 0.6) is 11.5 Å². The summed E-state index contributed by atoms with van der Waals surface area (Å²) in [6.45, 7) is 0.431. The fraction of sp³-hybridized carbons (Fsp3) is 0.0714. The lowest BCUT2D eigenvalue weighted by Gasteiger charge is -2.15. The number of thioether (sulfide) groups is 1. The van der Waals surface area contributed by atoms with Crippen molar-refractivity contribution in [3.8, 4) is 11.5 Å². The third kappa shape index (κ3) is 4.83. The lowest BCUT2D eigenvalue weighted by Crippen LogP contribution is -2.28. The molecule has 174 valence electrons. The van der Waals surface area contributed by atoms with Crippen molar-refractivity contribution >= 4 is 61.4 Å². The molecular formula is C28H20BrNO4S. The highest BCUT2D eigenvalue weighted by atomic mass is 79.9. The first-order valence-corrected chi connectivity index (χ1v) is 12.5. The van der Waals surface area contributed by atoms with E-state index in [9.17, 15) is 9.59 Å². The second-order valence-corrected chi connectivity index (χ2v) is 9.70. The van der Waals surface area contributed by atoms with Gasteiger partial charge in [-0.05, 0) is 86.0 Å². The molecule has 0 radical (unpaired) electrons. The number of ether oxygens (including phenoxy) is 2. The zero-order valence-electron chi connectivity index (χ0n) is 18.7. The number of carbonyl (C=O) groups excluding carboxylic acids is 2. The first kappa shape index (κ1) is 23.2. The van der Waals surface area contributed by atoms with Crippen LogP contribution in [-0.4, -0.2) is 18.3 Å². The Hall–Kier alpha value is -3.55. The number of imide groups is 1. The number of benzene rings is 4. The molecule has 0 unspecified atom stereocenters. The fourth-order valence-corrected chi connectivity index (χ4v) is 5.20. The summed E-state index contributed by atoms with van der Waals surface area (Å²) in [6, 6.07) is 27.0. The van der Waals surface area contributed by atoms with Gasteiger partial charge >= 0.3 is 0 Å². The van der Waals surface area contributed by atoms with Gasteiger partial charge in [-0.1, -0.05) is 54.6 Å². The first-order valence-electron chi connectivity index (χ1n) is 10.8. The van der Waals surface area contributed by atoms with Crippen molar-refractivity contribution in [2.45, 2.75) is 6.61 Å². The lowest BCUT2D eigenvalue weighted by atomic mass is 10.1. The summed E-state index contributed by atoms with van der Waals surface area (Å²) in [7, 11) is 1.51. The van der Waals surface area contributed by atoms with Gasteiger partial charge < -0.3 is 9.47 Å². The predicted molar refractivity (Wildman–Crippen MR) is 144 cm³/mol. The summed E-state index contributed by atoms with van der Waals surface area (Å²) in [4.78, 5) is 27.1. The number of methoxy groups -OCH3 is 1. The van der Waals surface area contributed by atoms with E-state index in [1.165, 1.54) is 17.9 Å². The average Bonchev–Trinajstić information content (AvgIpc) is 3.15. The number of anilines is 1. The summed E-state index contributed by atoms with van der Waals surface area (Å²) >= 11 is 4.47. The molecule has 0 atom stereocenters. The third-order valence-corrected chi connectivity index (χ3v) is 7.07. The molecule has 0 aliphatic carbocycles. The van der Waals surface area contributed by atoms with Gasteiger partial charge in [0.15, 0.2) is 0 Å². The van der Waals surface area contributed by atoms with E-state index in [-0.39, 0.29) is 11.1 Å². The van der Waals surface area contributed by atoms with Crippen molar-refractivity contribution in [3.05, 3.63) is 105 Å². The highest BCUT2D eigenvalue weighted by Crippen LogP contribution is 2.40. The molecule has 1 saturated heterocycles. The summed E-state index contributed by atoms with van der Waals surface area (Å²) in [5.41, 5.74) is 2.28. The largest absolute Gasteiger partial charge is 0.495 e. The van der Waals surface area contributed by atoms with Gasteiger partial charge in [-0.2, -0.15) is 0 Å². The number of hydrogen-bond donors (Lipinski definition) is 0. The second kappa shape index (κ2) is 9.98. The van der Waals surface area contributed by atoms with Crippen LogP contribution < -0.4 is 14.4 Å². The molecule has 0 aromatic heterocycles. The Morgan fingerprint density at radius 2 is 1.66 bits per heavy atom. The van der Waals surface area contributed by atoms with Gasteiger partial charge in [-0.3, -0.25) is 9.59 Å². The van der Waals surface area contributed by atoms with Gasteiger partial charge in [-0.25, -0.2) is 4.90 Å². The van der Waals surface area contributed by atoms with Crippen molar-refractivity contribution < 1.29 is 19.1 Å². The monoisotopic (exact) mass is 545 g/mol. The van der Waals surface area contributed by atoms with E-state index >= 15 is 0 Å². The Kier molecular flexibility index (Phi) is 6.61. The Balaban J connectivity index is 1.32. The van der Waals surface area contributed by atoms with E-state index < -0.39 is 0 Å². The van der Waals surface area contributed by atoms with Gasteiger partial charge in [0.25, 0.3) is 11.1 Å². The Morgan fingerprint density at radius 1 is 0.886 bits per heavy atom. The van der Waals surface area contributed by atoms with Crippen LogP contribution in [0.1, 0.15) is 11.1 Å². The van der Waals surface area contributed by atoms with Gasteiger partial charge in [-0.15, -0.1) is 0 Å². The maximum absolute atomic E-state index is 13.0. The average molecular weight is 546 g/mol. The highest BCUT2D eigenvalue weighted by molar-refractivity contribution is 9.10. The number of hydrogen-bond acceptors (Lipinski definition) is 5. The zero-order chi connectivity index (χ0) is 24.4. The van der Waals surface area contributed by atoms with E-state index in [1.807, 2.05) is 30.3 Å². The number of fused-ring (bicyclic) bond motifs is 1. The first-order chi connectivity index (χ1) is 17.0. The third-order valence-electron chi connectivity index (χ3n) is 5.58. The van der Waals surface area contributed by atoms with Crippen molar-refractivity contribution in [2.24, 2.45) is 0 Å². The van der Waals surface area contributed by atoms with Gasteiger partial charge in [0.2, 0.25) is 0 Å². The van der Waals surface area contributed by atoms with Gasteiger partial charge in [0.05, 0.1) is 22.2 Å². The molecule has 1 aliphatic heterocycles. The molecule has 0 bridgehead atoms. The maximum Gasteiger partial charge on any atom is 0.298 e. The van der Waals surface area contributed by atoms with Crippen LogP contribution in [0, 0.1) is 0 Å². The van der Waals surface area contributed by atoms with Gasteiger partial charge in [0, 0.05) is 0 Å². The zero-order valence-corrected chi connectivity index (χ0v) is 21.1. The number of rotatable bonds is 6. The SMILES string of the molecule is COc1ccccc1N1C(=O)S/C(=C\c2ccc(OCc3ccc4ccccc4c3)c(Br)c2)C1=O. The quantitative estimate of drug-likeness (QED) is 0.236. The maximum atomic E-state index is 13.0. The van der Waals surface area contributed by atoms with E-state index in [0.29, 0.717) is 28.7 Å². The fourth-order valence-electron chi connectivity index (χ4n) is 3.85. The summed E-state index contributed by atoms with van der Waals surface area (Å²) in [5, 5.41) is 2.00. The number of para-hydroxylation sites is 2. The minimum absolute atomic E-state index is 0.345. The molecule has 0 spiro atoms. The Morgan fingerprint density at radius 3 is 2.46 bits per heavy atom. The molecule has 0 saturated carbocycles. The number of amides is 2. The minimum atomic E-state index is -0.378. The van der Waals surface area contributed by atoms with Crippen LogP contribution in [0.15, 0.2) is 94.3 Å². The smallest absolute Gasteiger partial charge is 0.298 e. The van der Waals surface area contributed by atoms with Crippen LogP contribution in [-0.2, 0) is 11.4 Å². The molecule has 1 aliphatic rings. The van der Waals surface area contributed by atoms with Crippen LogP contribution >= 0.6 is 27.7 Å². The predicted octanol–water partition coefficient (Wildman–Crippen LogP) is 7.43. The van der Waals surface area contributed by atoms with E-state index in [2.05, 4.69) is 46.3 Å². The molecule has 2 amide bonds. The summed E-state index contributed by atoms with van der Waals surface area (Å²) in [5.74, 6) is 0.779. The molecule has 7 heteroatoms. The number of halogens is 1. The highest BCUT2D eigenvalue weighted by Gasteiger charge is 2.37. The van der Waals surface area contributed by atoms with Crippen LogP contribution in [0.3, 0.4) is 0 Å². The van der Waals surface area contributed by atoms with Crippen molar-refractivity contribution in [3.63, 3.8) is 0 Å². The van der Waals surface area contributed by atoms with Crippen molar-refractivity contribution in [1.82, 2.24) is 0 Å². The van der Waals surface area contributed by atoms with E-state index in [1.54, 1.807) is 30.3 Å². The normalized spacial score (nSPS) is 14.7. The molecule has 5 nitrogen and oxygen atoms in total. The molecule has 4 aromatic carbocycles. The molecule has 1 fully saturated rings. The van der Waals surface area contributed by atoms with Crippen molar-refractivity contribution in [1.29, 1.82) is 0 Å². The van der Waals surface area contributed by atoms with Crippen LogP contribution in [0.4, 0.5) is 10.5 Å². The van der Waals surface area contributed by atoms with Gasteiger partial charge in [0.1, 0.15) is 18.1 Å². The van der Waals surface area contributed by atoms with Crippen LogP contribution in [0.2, 0.25) is 0 Å². The second-order valence-electron chi connectivity index (χ2n) is 7.85. The topological polar surface area (TPSA) is 55.8 Å². The molecule has 0 N–H and O–H groups in total. The number of carbonyl (C=O) groups is 2. The lowest BCUT2D eigenvalue weighted by molar-refractivity contribution is -0.113. The standard InChI is InChI=1S/C28H20BrNO4S/c1-33-25-9-5-4-8-23(25)30-27(31)26(35-28(30)32)16-18-11-13-24(22(29)15-18)34-17-19-10-12-20-6-2-3-7-21(20)14-19/h2-16H,17H2,1H3/b26-16-. The molecule has 4 aromatic rings. The van der Waals surface area contributed by atoms with Crippen molar-refractivity contribution in [2.75, 3.05) is 12.0 Å². The molecule has 35 heavy (non-hydrogen) atoms.